The average molecular weight is 301 g/mol. The van der Waals surface area contributed by atoms with Crippen LogP contribution in [-0.4, -0.2) is 22.1 Å². The molecule has 1 aromatic heterocycles. The van der Waals surface area contributed by atoms with Crippen LogP contribution < -0.4 is 5.32 Å². The van der Waals surface area contributed by atoms with Crippen LogP contribution in [0.25, 0.3) is 0 Å². The van der Waals surface area contributed by atoms with E-state index < -0.39 is 17.8 Å². The minimum absolute atomic E-state index is 0.00749. The van der Waals surface area contributed by atoms with Crippen LogP contribution in [-0.2, 0) is 11.0 Å². The predicted octanol–water partition coefficient (Wildman–Crippen LogP) is 3.03. The Morgan fingerprint density at radius 1 is 1.52 bits per heavy atom. The van der Waals surface area contributed by atoms with Crippen LogP contribution in [0.3, 0.4) is 0 Å². The highest BCUT2D eigenvalue weighted by Gasteiger charge is 2.33. The highest BCUT2D eigenvalue weighted by molar-refractivity contribution is 5.66. The van der Waals surface area contributed by atoms with Gasteiger partial charge in [0.25, 0.3) is 0 Å². The summed E-state index contributed by atoms with van der Waals surface area (Å²) in [6.07, 6.45) is -3.79. The summed E-state index contributed by atoms with van der Waals surface area (Å²) in [5, 5.41) is 20.1. The number of halogens is 3. The molecule has 1 aromatic rings. The van der Waals surface area contributed by atoms with Gasteiger partial charge in [-0.15, -0.1) is 0 Å². The van der Waals surface area contributed by atoms with E-state index in [1.54, 1.807) is 13.0 Å². The third-order valence-corrected chi connectivity index (χ3v) is 2.72. The summed E-state index contributed by atoms with van der Waals surface area (Å²) in [5.41, 5.74) is -1.07. The Morgan fingerprint density at radius 3 is 2.71 bits per heavy atom. The number of pyridine rings is 1. The van der Waals surface area contributed by atoms with Gasteiger partial charge in [-0.25, -0.2) is 4.98 Å². The zero-order valence-electron chi connectivity index (χ0n) is 11.2. The van der Waals surface area contributed by atoms with E-state index in [4.69, 9.17) is 10.4 Å². The van der Waals surface area contributed by atoms with Crippen molar-refractivity contribution < 1.29 is 23.1 Å². The largest absolute Gasteiger partial charge is 0.481 e. The molecule has 0 aliphatic carbocycles. The number of aromatic nitrogens is 1. The second-order valence-corrected chi connectivity index (χ2v) is 4.53. The van der Waals surface area contributed by atoms with Gasteiger partial charge in [-0.3, -0.25) is 4.79 Å². The molecule has 8 heteroatoms. The Hall–Kier alpha value is -2.30. The van der Waals surface area contributed by atoms with Gasteiger partial charge in [-0.05, 0) is 31.9 Å². The third kappa shape index (κ3) is 5.30. The molecule has 0 spiro atoms. The number of hydrogen-bond donors (Lipinski definition) is 2. The van der Waals surface area contributed by atoms with Crippen LogP contribution in [0.1, 0.15) is 37.4 Å². The molecule has 1 heterocycles. The maximum atomic E-state index is 12.6. The quantitative estimate of drug-likeness (QED) is 0.843. The zero-order chi connectivity index (χ0) is 16.0. The fourth-order valence-electron chi connectivity index (χ4n) is 1.68. The van der Waals surface area contributed by atoms with Crippen molar-refractivity contribution in [3.63, 3.8) is 0 Å². The molecular formula is C13H14F3N3O2. The van der Waals surface area contributed by atoms with E-state index in [-0.39, 0.29) is 23.8 Å². The van der Waals surface area contributed by atoms with E-state index in [1.807, 2.05) is 0 Å². The van der Waals surface area contributed by atoms with Gasteiger partial charge in [0.15, 0.2) is 0 Å². The van der Waals surface area contributed by atoms with E-state index in [2.05, 4.69) is 10.3 Å². The number of hydrogen-bond acceptors (Lipinski definition) is 4. The first kappa shape index (κ1) is 16.8. The molecule has 0 saturated heterocycles. The summed E-state index contributed by atoms with van der Waals surface area (Å²) < 4.78 is 37.8. The van der Waals surface area contributed by atoms with Crippen LogP contribution in [0, 0.1) is 11.3 Å². The van der Waals surface area contributed by atoms with Crippen molar-refractivity contribution in [3.05, 3.63) is 23.4 Å². The lowest BCUT2D eigenvalue weighted by Gasteiger charge is -2.16. The van der Waals surface area contributed by atoms with Crippen molar-refractivity contribution in [2.75, 3.05) is 5.32 Å². The molecule has 114 valence electrons. The summed E-state index contributed by atoms with van der Waals surface area (Å²) in [7, 11) is 0. The van der Waals surface area contributed by atoms with E-state index in [1.165, 1.54) is 0 Å². The van der Waals surface area contributed by atoms with Crippen LogP contribution in [0.2, 0.25) is 0 Å². The average Bonchev–Trinajstić information content (AvgIpc) is 2.37. The lowest BCUT2D eigenvalue weighted by Crippen LogP contribution is -2.19. The second-order valence-electron chi connectivity index (χ2n) is 4.53. The molecule has 0 radical (unpaired) electrons. The molecule has 1 unspecified atom stereocenters. The molecule has 0 aromatic carbocycles. The van der Waals surface area contributed by atoms with Crippen molar-refractivity contribution in [1.82, 2.24) is 4.98 Å². The van der Waals surface area contributed by atoms with Crippen LogP contribution in [0.5, 0.6) is 0 Å². The maximum Gasteiger partial charge on any atom is 0.433 e. The van der Waals surface area contributed by atoms with Gasteiger partial charge in [-0.2, -0.15) is 18.4 Å². The number of carboxylic acid groups (broad SMARTS) is 1. The standard InChI is InChI=1S/C13H14F3N3O2/c1-8(3-2-4-11(20)21)18-12-9(7-17)5-6-10(19-12)13(14,15)16/h5-6,8H,2-4H2,1H3,(H,18,19)(H,20,21). The Morgan fingerprint density at radius 2 is 2.19 bits per heavy atom. The van der Waals surface area contributed by atoms with Crippen molar-refractivity contribution >= 4 is 11.8 Å². The van der Waals surface area contributed by atoms with Crippen LogP contribution >= 0.6 is 0 Å². The first-order valence-electron chi connectivity index (χ1n) is 6.20. The summed E-state index contributed by atoms with van der Waals surface area (Å²) >= 11 is 0. The first-order valence-corrected chi connectivity index (χ1v) is 6.20. The molecule has 0 aliphatic heterocycles. The van der Waals surface area contributed by atoms with Crippen LogP contribution in [0.4, 0.5) is 19.0 Å². The second kappa shape index (κ2) is 6.92. The molecule has 5 nitrogen and oxygen atoms in total. The van der Waals surface area contributed by atoms with Gasteiger partial charge in [0.05, 0.1) is 5.56 Å². The van der Waals surface area contributed by atoms with Crippen molar-refractivity contribution in [2.45, 2.75) is 38.4 Å². The van der Waals surface area contributed by atoms with Gasteiger partial charge in [0.1, 0.15) is 17.6 Å². The Kier molecular flexibility index (Phi) is 5.52. The smallest absolute Gasteiger partial charge is 0.433 e. The monoisotopic (exact) mass is 301 g/mol. The molecule has 1 atom stereocenters. The number of rotatable bonds is 6. The van der Waals surface area contributed by atoms with Crippen molar-refractivity contribution in [2.24, 2.45) is 0 Å². The molecule has 0 fully saturated rings. The number of alkyl halides is 3. The van der Waals surface area contributed by atoms with Gasteiger partial charge in [0.2, 0.25) is 0 Å². The van der Waals surface area contributed by atoms with E-state index in [0.29, 0.717) is 12.8 Å². The van der Waals surface area contributed by atoms with Gasteiger partial charge in [0, 0.05) is 12.5 Å². The molecule has 0 bridgehead atoms. The molecule has 21 heavy (non-hydrogen) atoms. The minimum atomic E-state index is -4.59. The minimum Gasteiger partial charge on any atom is -0.481 e. The van der Waals surface area contributed by atoms with Crippen molar-refractivity contribution in [1.29, 1.82) is 5.26 Å². The summed E-state index contributed by atoms with van der Waals surface area (Å²) in [6, 6.07) is 3.28. The highest BCUT2D eigenvalue weighted by Crippen LogP contribution is 2.29. The van der Waals surface area contributed by atoms with Crippen molar-refractivity contribution in [3.8, 4) is 6.07 Å². The Bertz CT molecular complexity index is 553. The van der Waals surface area contributed by atoms with E-state index >= 15 is 0 Å². The first-order chi connectivity index (χ1) is 9.74. The molecule has 2 N–H and O–H groups in total. The van der Waals surface area contributed by atoms with Gasteiger partial charge >= 0.3 is 12.1 Å². The predicted molar refractivity (Wildman–Crippen MR) is 68.5 cm³/mol. The summed E-state index contributed by atoms with van der Waals surface area (Å²) in [6.45, 7) is 1.69. The SMILES string of the molecule is CC(CCCC(=O)O)Nc1nc(C(F)(F)F)ccc1C#N. The molecule has 1 rings (SSSR count). The number of nitriles is 1. The Labute approximate surface area is 119 Å². The fourth-order valence-corrected chi connectivity index (χ4v) is 1.68. The highest BCUT2D eigenvalue weighted by atomic mass is 19.4. The molecular weight excluding hydrogens is 287 g/mol. The van der Waals surface area contributed by atoms with Gasteiger partial charge < -0.3 is 10.4 Å². The lowest BCUT2D eigenvalue weighted by molar-refractivity contribution is -0.141. The van der Waals surface area contributed by atoms with Crippen LogP contribution in [0.15, 0.2) is 12.1 Å². The topological polar surface area (TPSA) is 86.0 Å². The number of carboxylic acids is 1. The lowest BCUT2D eigenvalue weighted by atomic mass is 10.1. The molecule has 0 aliphatic rings. The van der Waals surface area contributed by atoms with E-state index in [0.717, 1.165) is 12.1 Å². The fraction of sp³-hybridized carbons (Fsp3) is 0.462. The molecule has 0 saturated carbocycles. The zero-order valence-corrected chi connectivity index (χ0v) is 11.2. The number of carbonyl (C=O) groups is 1. The van der Waals surface area contributed by atoms with E-state index in [9.17, 15) is 18.0 Å². The summed E-state index contributed by atoms with van der Waals surface area (Å²) in [5.74, 6) is -1.08. The third-order valence-electron chi connectivity index (χ3n) is 2.72. The number of anilines is 1. The number of aliphatic carboxylic acids is 1. The molecule has 0 amide bonds. The Balaban J connectivity index is 2.81. The number of nitrogens with zero attached hydrogens (tertiary/aromatic N) is 2. The summed E-state index contributed by atoms with van der Waals surface area (Å²) in [4.78, 5) is 13.8. The number of nitrogens with one attached hydrogen (secondary N) is 1. The normalized spacial score (nSPS) is 12.5. The maximum absolute atomic E-state index is 12.6. The van der Waals surface area contributed by atoms with Gasteiger partial charge in [-0.1, -0.05) is 0 Å².